The van der Waals surface area contributed by atoms with Crippen LogP contribution in [0, 0.1) is 0 Å². The Hall–Kier alpha value is -1.16. The monoisotopic (exact) mass is 243 g/mol. The Labute approximate surface area is 101 Å². The highest BCUT2D eigenvalue weighted by Crippen LogP contribution is 2.32. The quantitative estimate of drug-likeness (QED) is 0.882. The van der Waals surface area contributed by atoms with Crippen LogP contribution in [0.1, 0.15) is 31.9 Å². The Morgan fingerprint density at radius 2 is 1.82 bits per heavy atom. The average molecular weight is 243 g/mol. The number of methoxy groups -OCH3 is 1. The van der Waals surface area contributed by atoms with Crippen LogP contribution in [0.5, 0.6) is 5.75 Å². The highest BCUT2D eigenvalue weighted by atomic mass is 19.3. The van der Waals surface area contributed by atoms with Gasteiger partial charge >= 0.3 is 0 Å². The minimum absolute atomic E-state index is 0.0162. The molecule has 4 heteroatoms. The Bertz CT molecular complexity index is 391. The summed E-state index contributed by atoms with van der Waals surface area (Å²) in [5.41, 5.74) is 6.14. The number of hydrogen-bond donors (Lipinski definition) is 1. The lowest BCUT2D eigenvalue weighted by Gasteiger charge is -2.21. The van der Waals surface area contributed by atoms with Crippen molar-refractivity contribution in [2.24, 2.45) is 5.73 Å². The third-order valence-corrected chi connectivity index (χ3v) is 2.43. The molecule has 96 valence electrons. The average Bonchev–Trinajstić information content (AvgIpc) is 2.13. The first kappa shape index (κ1) is 13.9. The number of nitrogens with two attached hydrogens (primary N) is 1. The summed E-state index contributed by atoms with van der Waals surface area (Å²) in [6.45, 7) is 4.58. The van der Waals surface area contributed by atoms with E-state index in [2.05, 4.69) is 0 Å². The zero-order valence-corrected chi connectivity index (χ0v) is 10.7. The molecule has 0 saturated carbocycles. The molecule has 2 N–H and O–H groups in total. The maximum atomic E-state index is 13.2. The summed E-state index contributed by atoms with van der Waals surface area (Å²) in [5, 5.41) is 0. The van der Waals surface area contributed by atoms with Crippen LogP contribution in [-0.4, -0.2) is 12.6 Å². The second kappa shape index (κ2) is 4.61. The number of rotatable bonds is 4. The van der Waals surface area contributed by atoms with Gasteiger partial charge in [-0.1, -0.05) is 0 Å². The van der Waals surface area contributed by atoms with E-state index in [0.29, 0.717) is 17.7 Å². The van der Waals surface area contributed by atoms with E-state index < -0.39 is 11.5 Å². The fraction of sp³-hybridized carbons (Fsp3) is 0.538. The van der Waals surface area contributed by atoms with Crippen molar-refractivity contribution in [3.8, 4) is 5.75 Å². The predicted molar refractivity (Wildman–Crippen MR) is 64.5 cm³/mol. The molecular weight excluding hydrogens is 224 g/mol. The first-order valence-electron chi connectivity index (χ1n) is 5.47. The maximum Gasteiger partial charge on any atom is 0.270 e. The third-order valence-electron chi connectivity index (χ3n) is 2.43. The standard InChI is InChI=1S/C13H19F2NO/c1-12(2,16)8-9-7-10(13(3,14)15)5-6-11(9)17-4/h5-7H,8,16H2,1-4H3. The Morgan fingerprint density at radius 1 is 1.24 bits per heavy atom. The van der Waals surface area contributed by atoms with Gasteiger partial charge in [0.25, 0.3) is 5.92 Å². The van der Waals surface area contributed by atoms with Gasteiger partial charge in [0.05, 0.1) is 7.11 Å². The smallest absolute Gasteiger partial charge is 0.270 e. The molecule has 0 aliphatic rings. The minimum Gasteiger partial charge on any atom is -0.496 e. The van der Waals surface area contributed by atoms with Gasteiger partial charge in [-0.05, 0) is 44.0 Å². The topological polar surface area (TPSA) is 35.2 Å². The van der Waals surface area contributed by atoms with E-state index in [1.165, 1.54) is 19.2 Å². The fourth-order valence-electron chi connectivity index (χ4n) is 1.68. The molecule has 0 bridgehead atoms. The Balaban J connectivity index is 3.16. The molecule has 0 aliphatic heterocycles. The Morgan fingerprint density at radius 3 is 2.24 bits per heavy atom. The van der Waals surface area contributed by atoms with Crippen molar-refractivity contribution >= 4 is 0 Å². The molecule has 0 amide bonds. The van der Waals surface area contributed by atoms with Gasteiger partial charge in [-0.3, -0.25) is 0 Å². The fourth-order valence-corrected chi connectivity index (χ4v) is 1.68. The van der Waals surface area contributed by atoms with Crippen LogP contribution in [0.3, 0.4) is 0 Å². The van der Waals surface area contributed by atoms with E-state index in [4.69, 9.17) is 10.5 Å². The highest BCUT2D eigenvalue weighted by molar-refractivity contribution is 5.39. The molecule has 0 saturated heterocycles. The van der Waals surface area contributed by atoms with Crippen molar-refractivity contribution in [2.75, 3.05) is 7.11 Å². The molecule has 2 nitrogen and oxygen atoms in total. The number of alkyl halides is 2. The molecular formula is C13H19F2NO. The summed E-state index contributed by atoms with van der Waals surface area (Å²) >= 11 is 0. The summed E-state index contributed by atoms with van der Waals surface area (Å²) in [6.07, 6.45) is 0.486. The summed E-state index contributed by atoms with van der Waals surface area (Å²) in [6, 6.07) is 4.41. The van der Waals surface area contributed by atoms with Crippen molar-refractivity contribution in [1.29, 1.82) is 0 Å². The molecule has 1 rings (SSSR count). The minimum atomic E-state index is -2.85. The third kappa shape index (κ3) is 3.97. The molecule has 0 unspecified atom stereocenters. The normalized spacial score (nSPS) is 12.6. The van der Waals surface area contributed by atoms with Crippen molar-refractivity contribution < 1.29 is 13.5 Å². The van der Waals surface area contributed by atoms with Crippen molar-refractivity contribution in [2.45, 2.75) is 38.7 Å². The van der Waals surface area contributed by atoms with Crippen LogP contribution in [0.15, 0.2) is 18.2 Å². The number of hydrogen-bond acceptors (Lipinski definition) is 2. The second-order valence-electron chi connectivity index (χ2n) is 5.08. The van der Waals surface area contributed by atoms with Gasteiger partial charge in [-0.15, -0.1) is 0 Å². The molecule has 1 aromatic carbocycles. The molecule has 0 aliphatic carbocycles. The summed E-state index contributed by atoms with van der Waals surface area (Å²) in [4.78, 5) is 0. The molecule has 0 spiro atoms. The molecule has 0 atom stereocenters. The predicted octanol–water partition coefficient (Wildman–Crippen LogP) is 3.09. The van der Waals surface area contributed by atoms with Gasteiger partial charge < -0.3 is 10.5 Å². The Kier molecular flexibility index (Phi) is 3.77. The zero-order valence-electron chi connectivity index (χ0n) is 10.7. The number of benzene rings is 1. The van der Waals surface area contributed by atoms with Crippen LogP contribution in [0.4, 0.5) is 8.78 Å². The van der Waals surface area contributed by atoms with Crippen molar-refractivity contribution in [3.05, 3.63) is 29.3 Å². The largest absolute Gasteiger partial charge is 0.496 e. The van der Waals surface area contributed by atoms with Crippen LogP contribution in [0.2, 0.25) is 0 Å². The van der Waals surface area contributed by atoms with E-state index >= 15 is 0 Å². The van der Waals surface area contributed by atoms with Crippen molar-refractivity contribution in [3.63, 3.8) is 0 Å². The van der Waals surface area contributed by atoms with Gasteiger partial charge in [0.15, 0.2) is 0 Å². The van der Waals surface area contributed by atoms with Crippen LogP contribution in [0.25, 0.3) is 0 Å². The molecule has 0 heterocycles. The summed E-state index contributed by atoms with van der Waals surface area (Å²) in [5.74, 6) is -2.25. The van der Waals surface area contributed by atoms with Crippen molar-refractivity contribution in [1.82, 2.24) is 0 Å². The lowest BCUT2D eigenvalue weighted by atomic mass is 9.93. The zero-order chi connectivity index (χ0) is 13.3. The summed E-state index contributed by atoms with van der Waals surface area (Å²) in [7, 11) is 1.52. The number of ether oxygens (including phenoxy) is 1. The van der Waals surface area contributed by atoms with E-state index in [-0.39, 0.29) is 5.56 Å². The first-order valence-corrected chi connectivity index (χ1v) is 5.47. The van der Waals surface area contributed by atoms with Crippen LogP contribution < -0.4 is 10.5 Å². The van der Waals surface area contributed by atoms with Crippen LogP contribution in [-0.2, 0) is 12.3 Å². The van der Waals surface area contributed by atoms with E-state index in [9.17, 15) is 8.78 Å². The van der Waals surface area contributed by atoms with Gasteiger partial charge in [0, 0.05) is 18.0 Å². The van der Waals surface area contributed by atoms with Gasteiger partial charge in [-0.2, -0.15) is 0 Å². The second-order valence-corrected chi connectivity index (χ2v) is 5.08. The van der Waals surface area contributed by atoms with E-state index in [1.807, 2.05) is 13.8 Å². The SMILES string of the molecule is COc1ccc(C(C)(F)F)cc1CC(C)(C)N. The van der Waals surface area contributed by atoms with E-state index in [1.54, 1.807) is 6.07 Å². The highest BCUT2D eigenvalue weighted by Gasteiger charge is 2.26. The maximum absolute atomic E-state index is 13.2. The molecule has 1 aromatic rings. The lowest BCUT2D eigenvalue weighted by molar-refractivity contribution is 0.0173. The van der Waals surface area contributed by atoms with Gasteiger partial charge in [-0.25, -0.2) is 8.78 Å². The van der Waals surface area contributed by atoms with Crippen LogP contribution >= 0.6 is 0 Å². The first-order chi connectivity index (χ1) is 7.63. The molecule has 0 radical (unpaired) electrons. The summed E-state index contributed by atoms with van der Waals surface area (Å²) < 4.78 is 31.6. The molecule has 17 heavy (non-hydrogen) atoms. The number of halogens is 2. The lowest BCUT2D eigenvalue weighted by Crippen LogP contribution is -2.34. The molecule has 0 fully saturated rings. The molecule has 0 aromatic heterocycles. The van der Waals surface area contributed by atoms with E-state index in [0.717, 1.165) is 6.92 Å². The van der Waals surface area contributed by atoms with Gasteiger partial charge in [0.2, 0.25) is 0 Å². The van der Waals surface area contributed by atoms with Gasteiger partial charge in [0.1, 0.15) is 5.75 Å².